The van der Waals surface area contributed by atoms with E-state index < -0.39 is 0 Å². The van der Waals surface area contributed by atoms with Crippen molar-refractivity contribution in [3.05, 3.63) is 0 Å². The predicted octanol–water partition coefficient (Wildman–Crippen LogP) is 3.23. The SMILES string of the molecule is C#CC.CC1CCCCC1. The van der Waals surface area contributed by atoms with Gasteiger partial charge in [-0.3, -0.25) is 0 Å². The first-order chi connectivity index (χ1) is 4.81. The lowest BCUT2D eigenvalue weighted by molar-refractivity contribution is 0.385. The van der Waals surface area contributed by atoms with E-state index in [-0.39, 0.29) is 0 Å². The van der Waals surface area contributed by atoms with Gasteiger partial charge in [0.2, 0.25) is 0 Å². The van der Waals surface area contributed by atoms with Crippen LogP contribution in [0.15, 0.2) is 0 Å². The molecule has 1 fully saturated rings. The molecule has 0 atom stereocenters. The minimum absolute atomic E-state index is 1.04. The van der Waals surface area contributed by atoms with Crippen LogP contribution in [0, 0.1) is 18.3 Å². The number of terminal acetylenes is 1. The largest absolute Gasteiger partial charge is 0.120 e. The third kappa shape index (κ3) is 5.69. The Morgan fingerprint density at radius 1 is 1.20 bits per heavy atom. The summed E-state index contributed by atoms with van der Waals surface area (Å²) in [6.45, 7) is 4.01. The summed E-state index contributed by atoms with van der Waals surface area (Å²) in [6.07, 6.45) is 12.0. The molecule has 0 aromatic heterocycles. The molecule has 0 aliphatic heterocycles. The van der Waals surface area contributed by atoms with E-state index in [1.54, 1.807) is 6.92 Å². The highest BCUT2D eigenvalue weighted by Gasteiger charge is 2.05. The van der Waals surface area contributed by atoms with Crippen LogP contribution in [0.3, 0.4) is 0 Å². The lowest BCUT2D eigenvalue weighted by atomic mass is 9.91. The highest BCUT2D eigenvalue weighted by atomic mass is 14.1. The molecule has 0 N–H and O–H groups in total. The fraction of sp³-hybridized carbons (Fsp3) is 0.800. The first kappa shape index (κ1) is 9.56. The Kier molecular flexibility index (Phi) is 6.38. The number of hydrogen-bond donors (Lipinski definition) is 0. The first-order valence-corrected chi connectivity index (χ1v) is 4.18. The van der Waals surface area contributed by atoms with Crippen molar-refractivity contribution >= 4 is 0 Å². The number of rotatable bonds is 0. The van der Waals surface area contributed by atoms with E-state index in [9.17, 15) is 0 Å². The van der Waals surface area contributed by atoms with E-state index in [1.807, 2.05) is 0 Å². The van der Waals surface area contributed by atoms with Gasteiger partial charge < -0.3 is 0 Å². The molecule has 1 aliphatic carbocycles. The Hall–Kier alpha value is -0.440. The zero-order chi connectivity index (χ0) is 7.82. The second-order valence-corrected chi connectivity index (χ2v) is 3.03. The van der Waals surface area contributed by atoms with Crippen molar-refractivity contribution in [3.8, 4) is 12.3 Å². The second-order valence-electron chi connectivity index (χ2n) is 3.03. The summed E-state index contributed by atoms with van der Waals surface area (Å²) >= 11 is 0. The van der Waals surface area contributed by atoms with Gasteiger partial charge in [0, 0.05) is 0 Å². The van der Waals surface area contributed by atoms with Gasteiger partial charge in [-0.25, -0.2) is 0 Å². The monoisotopic (exact) mass is 138 g/mol. The summed E-state index contributed by atoms with van der Waals surface area (Å²) in [5.74, 6) is 3.29. The van der Waals surface area contributed by atoms with E-state index in [1.165, 1.54) is 32.1 Å². The van der Waals surface area contributed by atoms with Gasteiger partial charge in [0.25, 0.3) is 0 Å². The van der Waals surface area contributed by atoms with Crippen LogP contribution in [0.4, 0.5) is 0 Å². The molecule has 0 heterocycles. The maximum absolute atomic E-state index is 4.60. The Morgan fingerprint density at radius 3 is 1.80 bits per heavy atom. The Labute approximate surface area is 65.0 Å². The molecule has 1 aliphatic rings. The van der Waals surface area contributed by atoms with Gasteiger partial charge in [-0.05, 0) is 12.8 Å². The topological polar surface area (TPSA) is 0 Å². The van der Waals surface area contributed by atoms with Crippen LogP contribution in [-0.4, -0.2) is 0 Å². The summed E-state index contributed by atoms with van der Waals surface area (Å²) in [6, 6.07) is 0. The molecule has 0 aromatic carbocycles. The van der Waals surface area contributed by atoms with E-state index in [0.717, 1.165) is 5.92 Å². The van der Waals surface area contributed by atoms with Crippen molar-refractivity contribution in [3.63, 3.8) is 0 Å². The maximum atomic E-state index is 4.60. The van der Waals surface area contributed by atoms with Gasteiger partial charge in [0.05, 0.1) is 0 Å². The molecule has 1 rings (SSSR count). The highest BCUT2D eigenvalue weighted by molar-refractivity contribution is 4.73. The van der Waals surface area contributed by atoms with E-state index in [0.29, 0.717) is 0 Å². The van der Waals surface area contributed by atoms with Gasteiger partial charge >= 0.3 is 0 Å². The molecule has 0 spiro atoms. The maximum Gasteiger partial charge on any atom is -0.00297 e. The average molecular weight is 138 g/mol. The molecule has 1 saturated carbocycles. The van der Waals surface area contributed by atoms with Crippen molar-refractivity contribution < 1.29 is 0 Å². The van der Waals surface area contributed by atoms with Crippen molar-refractivity contribution in [2.45, 2.75) is 46.0 Å². The lowest BCUT2D eigenvalue weighted by Gasteiger charge is -2.15. The minimum Gasteiger partial charge on any atom is -0.120 e. The predicted molar refractivity (Wildman–Crippen MR) is 46.8 cm³/mol. The summed E-state index contributed by atoms with van der Waals surface area (Å²) in [7, 11) is 0. The Balaban J connectivity index is 0.000000236. The van der Waals surface area contributed by atoms with Crippen molar-refractivity contribution in [1.29, 1.82) is 0 Å². The average Bonchev–Trinajstić information content (AvgIpc) is 1.91. The molecule has 0 aromatic rings. The van der Waals surface area contributed by atoms with Crippen LogP contribution in [-0.2, 0) is 0 Å². The van der Waals surface area contributed by atoms with Gasteiger partial charge in [0.1, 0.15) is 0 Å². The third-order valence-electron chi connectivity index (χ3n) is 1.89. The molecule has 0 nitrogen and oxygen atoms in total. The summed E-state index contributed by atoms with van der Waals surface area (Å²) in [5.41, 5.74) is 0. The van der Waals surface area contributed by atoms with Crippen LogP contribution in [0.5, 0.6) is 0 Å². The molecule has 0 heteroatoms. The van der Waals surface area contributed by atoms with Crippen LogP contribution in [0.1, 0.15) is 46.0 Å². The van der Waals surface area contributed by atoms with Gasteiger partial charge in [-0.1, -0.05) is 39.0 Å². The Bertz CT molecular complexity index is 91.1. The lowest BCUT2D eigenvalue weighted by Crippen LogP contribution is -1.99. The van der Waals surface area contributed by atoms with Gasteiger partial charge in [-0.15, -0.1) is 12.3 Å². The van der Waals surface area contributed by atoms with Crippen molar-refractivity contribution in [2.24, 2.45) is 5.92 Å². The number of hydrogen-bond acceptors (Lipinski definition) is 0. The normalized spacial score (nSPS) is 18.5. The standard InChI is InChI=1S/C7H14.C3H4/c1-7-5-3-2-4-6-7;1-3-2/h7H,2-6H2,1H3;1H,2H3. The zero-order valence-corrected chi connectivity index (χ0v) is 7.19. The molecule has 0 unspecified atom stereocenters. The molecular weight excluding hydrogens is 120 g/mol. The fourth-order valence-electron chi connectivity index (χ4n) is 1.31. The molecular formula is C10H18. The summed E-state index contributed by atoms with van der Waals surface area (Å²) < 4.78 is 0. The molecule has 10 heavy (non-hydrogen) atoms. The third-order valence-corrected chi connectivity index (χ3v) is 1.89. The van der Waals surface area contributed by atoms with Crippen molar-refractivity contribution in [1.82, 2.24) is 0 Å². The van der Waals surface area contributed by atoms with Crippen LogP contribution < -0.4 is 0 Å². The molecule has 58 valence electrons. The van der Waals surface area contributed by atoms with Crippen molar-refractivity contribution in [2.75, 3.05) is 0 Å². The fourth-order valence-corrected chi connectivity index (χ4v) is 1.31. The molecule has 0 bridgehead atoms. The van der Waals surface area contributed by atoms with Crippen LogP contribution >= 0.6 is 0 Å². The molecule has 0 radical (unpaired) electrons. The highest BCUT2D eigenvalue weighted by Crippen LogP contribution is 2.21. The van der Waals surface area contributed by atoms with Gasteiger partial charge in [-0.2, -0.15) is 0 Å². The molecule has 0 saturated heterocycles. The van der Waals surface area contributed by atoms with Crippen LogP contribution in [0.2, 0.25) is 0 Å². The van der Waals surface area contributed by atoms with Gasteiger partial charge in [0.15, 0.2) is 0 Å². The van der Waals surface area contributed by atoms with E-state index >= 15 is 0 Å². The van der Waals surface area contributed by atoms with Crippen LogP contribution in [0.25, 0.3) is 0 Å². The second kappa shape index (κ2) is 6.68. The van der Waals surface area contributed by atoms with E-state index in [4.69, 9.17) is 0 Å². The van der Waals surface area contributed by atoms with E-state index in [2.05, 4.69) is 19.3 Å². The first-order valence-electron chi connectivity index (χ1n) is 4.18. The Morgan fingerprint density at radius 2 is 1.60 bits per heavy atom. The zero-order valence-electron chi connectivity index (χ0n) is 7.19. The molecule has 0 amide bonds. The summed E-state index contributed by atoms with van der Waals surface area (Å²) in [4.78, 5) is 0. The minimum atomic E-state index is 1.04. The quantitative estimate of drug-likeness (QED) is 0.451. The smallest absolute Gasteiger partial charge is 0.00297 e. The summed E-state index contributed by atoms with van der Waals surface area (Å²) in [5, 5.41) is 0.